The standard InChI is InChI=1S/C32H34F4N2O4/c1-18(31(39)40)30(20-5-6-20)22-7-4-19-9-11-27(42-28(19)13-22)21-8-10-24(25-14-29(41-3)37-15-26(25)33)23(12-21)16-38(2)17-32(34,35)36/h4,7-8,10,12-15,18,20,27,30H,5-6,9,11,16-17H2,1-3H3,(H,39,40)/t18-,27?,30-/m0/s1. The molecule has 0 amide bonds. The van der Waals surface area contributed by atoms with Crippen LogP contribution < -0.4 is 9.47 Å². The fraction of sp³-hybridized carbons (Fsp3) is 0.438. The van der Waals surface area contributed by atoms with Gasteiger partial charge in [0, 0.05) is 18.2 Å². The first-order valence-corrected chi connectivity index (χ1v) is 14.0. The molecule has 1 aliphatic heterocycles. The van der Waals surface area contributed by atoms with Gasteiger partial charge in [-0.1, -0.05) is 37.3 Å². The van der Waals surface area contributed by atoms with Crippen LogP contribution in [0.5, 0.6) is 11.6 Å². The van der Waals surface area contributed by atoms with Crippen molar-refractivity contribution in [2.75, 3.05) is 20.7 Å². The number of rotatable bonds is 10. The molecule has 1 saturated carbocycles. The third-order valence-electron chi connectivity index (χ3n) is 8.20. The lowest BCUT2D eigenvalue weighted by atomic mass is 9.82. The molecule has 3 atom stereocenters. The molecule has 0 spiro atoms. The number of halogens is 4. The fourth-order valence-corrected chi connectivity index (χ4v) is 6.00. The highest BCUT2D eigenvalue weighted by Crippen LogP contribution is 2.48. The Labute approximate surface area is 242 Å². The number of methoxy groups -OCH3 is 1. The first kappa shape index (κ1) is 29.8. The van der Waals surface area contributed by atoms with E-state index in [4.69, 9.17) is 9.47 Å². The number of alkyl halides is 3. The van der Waals surface area contributed by atoms with Crippen LogP contribution in [0.4, 0.5) is 17.6 Å². The van der Waals surface area contributed by atoms with E-state index in [0.717, 1.165) is 47.0 Å². The zero-order valence-corrected chi connectivity index (χ0v) is 23.7. The molecular formula is C32H34F4N2O4. The molecule has 2 aliphatic rings. The summed E-state index contributed by atoms with van der Waals surface area (Å²) in [4.78, 5) is 16.8. The minimum atomic E-state index is -4.39. The molecule has 5 rings (SSSR count). The Morgan fingerprint density at radius 2 is 1.90 bits per heavy atom. The number of aryl methyl sites for hydroxylation is 1. The summed E-state index contributed by atoms with van der Waals surface area (Å²) < 4.78 is 66.0. The predicted molar refractivity (Wildman–Crippen MR) is 149 cm³/mol. The number of aliphatic carboxylic acids is 1. The number of carboxylic acids is 1. The zero-order chi connectivity index (χ0) is 30.2. The van der Waals surface area contributed by atoms with Gasteiger partial charge in [-0.15, -0.1) is 0 Å². The predicted octanol–water partition coefficient (Wildman–Crippen LogP) is 7.17. The van der Waals surface area contributed by atoms with Gasteiger partial charge in [0.05, 0.1) is 25.8 Å². The normalized spacial score (nSPS) is 18.2. The van der Waals surface area contributed by atoms with Crippen molar-refractivity contribution < 1.29 is 36.9 Å². The topological polar surface area (TPSA) is 71.9 Å². The third kappa shape index (κ3) is 6.69. The average molecular weight is 587 g/mol. The zero-order valence-electron chi connectivity index (χ0n) is 23.7. The van der Waals surface area contributed by atoms with Crippen molar-refractivity contribution >= 4 is 5.97 Å². The van der Waals surface area contributed by atoms with Gasteiger partial charge in [-0.25, -0.2) is 9.37 Å². The second-order valence-corrected chi connectivity index (χ2v) is 11.4. The average Bonchev–Trinajstić information content (AvgIpc) is 3.77. The molecule has 42 heavy (non-hydrogen) atoms. The number of pyridine rings is 1. The Balaban J connectivity index is 1.47. The minimum Gasteiger partial charge on any atom is -0.485 e. The monoisotopic (exact) mass is 586 g/mol. The molecule has 0 saturated heterocycles. The van der Waals surface area contributed by atoms with Gasteiger partial charge in [-0.2, -0.15) is 13.2 Å². The first-order chi connectivity index (χ1) is 19.9. The number of carbonyl (C=O) groups is 1. The summed E-state index contributed by atoms with van der Waals surface area (Å²) in [6, 6.07) is 12.7. The van der Waals surface area contributed by atoms with Crippen LogP contribution in [0.15, 0.2) is 48.7 Å². The van der Waals surface area contributed by atoms with Gasteiger partial charge in [0.2, 0.25) is 5.88 Å². The molecule has 1 unspecified atom stereocenters. The molecule has 1 aliphatic carbocycles. The van der Waals surface area contributed by atoms with E-state index in [2.05, 4.69) is 4.98 Å². The van der Waals surface area contributed by atoms with E-state index in [1.165, 1.54) is 20.2 Å². The van der Waals surface area contributed by atoms with Crippen molar-refractivity contribution in [3.05, 3.63) is 76.7 Å². The summed E-state index contributed by atoms with van der Waals surface area (Å²) in [5, 5.41) is 9.69. The van der Waals surface area contributed by atoms with Crippen molar-refractivity contribution in [3.63, 3.8) is 0 Å². The highest BCUT2D eigenvalue weighted by molar-refractivity contribution is 5.71. The van der Waals surface area contributed by atoms with Crippen LogP contribution in [-0.2, 0) is 17.8 Å². The number of carboxylic acid groups (broad SMARTS) is 1. The van der Waals surface area contributed by atoms with Crippen LogP contribution >= 0.6 is 0 Å². The summed E-state index contributed by atoms with van der Waals surface area (Å²) in [6.45, 7) is 0.552. The van der Waals surface area contributed by atoms with E-state index in [9.17, 15) is 27.5 Å². The molecule has 224 valence electrons. The summed E-state index contributed by atoms with van der Waals surface area (Å²) in [5.41, 5.74) is 3.88. The van der Waals surface area contributed by atoms with Crippen LogP contribution in [0.25, 0.3) is 11.1 Å². The molecule has 0 radical (unpaired) electrons. The largest absolute Gasteiger partial charge is 0.485 e. The summed E-state index contributed by atoms with van der Waals surface area (Å²) >= 11 is 0. The van der Waals surface area contributed by atoms with Crippen molar-refractivity contribution in [1.82, 2.24) is 9.88 Å². The van der Waals surface area contributed by atoms with Crippen LogP contribution in [0.3, 0.4) is 0 Å². The molecule has 10 heteroatoms. The maximum atomic E-state index is 14.9. The van der Waals surface area contributed by atoms with Crippen LogP contribution in [0.1, 0.15) is 60.5 Å². The quantitative estimate of drug-likeness (QED) is 0.254. The van der Waals surface area contributed by atoms with E-state index >= 15 is 0 Å². The summed E-state index contributed by atoms with van der Waals surface area (Å²) in [5.74, 6) is -0.838. The number of ether oxygens (including phenoxy) is 2. The lowest BCUT2D eigenvalue weighted by Crippen LogP contribution is -2.30. The van der Waals surface area contributed by atoms with E-state index < -0.39 is 30.4 Å². The molecule has 1 aromatic heterocycles. The van der Waals surface area contributed by atoms with Gasteiger partial charge in [-0.05, 0) is 78.5 Å². The van der Waals surface area contributed by atoms with Gasteiger partial charge in [0.25, 0.3) is 0 Å². The number of benzene rings is 2. The number of hydrogen-bond donors (Lipinski definition) is 1. The SMILES string of the molecule is COc1cc(-c2ccc(C3CCc4ccc([C@H](C5CC5)[C@H](C)C(=O)O)cc4O3)cc2CN(C)CC(F)(F)F)c(F)cn1. The van der Waals surface area contributed by atoms with Crippen molar-refractivity contribution in [1.29, 1.82) is 0 Å². The molecule has 2 aromatic carbocycles. The van der Waals surface area contributed by atoms with E-state index in [0.29, 0.717) is 29.2 Å². The molecule has 6 nitrogen and oxygen atoms in total. The van der Waals surface area contributed by atoms with Crippen molar-refractivity contribution in [3.8, 4) is 22.8 Å². The molecule has 2 heterocycles. The summed E-state index contributed by atoms with van der Waals surface area (Å²) in [7, 11) is 2.78. The number of nitrogens with zero attached hydrogens (tertiary/aromatic N) is 2. The molecule has 3 aromatic rings. The van der Waals surface area contributed by atoms with Gasteiger partial charge in [-0.3, -0.25) is 9.69 Å². The number of fused-ring (bicyclic) bond motifs is 1. The Kier molecular flexibility index (Phi) is 8.46. The van der Waals surface area contributed by atoms with E-state index in [1.807, 2.05) is 24.3 Å². The van der Waals surface area contributed by atoms with Gasteiger partial charge >= 0.3 is 12.1 Å². The van der Waals surface area contributed by atoms with E-state index in [1.54, 1.807) is 19.1 Å². The molecule has 1 N–H and O–H groups in total. The maximum Gasteiger partial charge on any atom is 0.401 e. The lowest BCUT2D eigenvalue weighted by molar-refractivity contribution is -0.144. The fourth-order valence-electron chi connectivity index (χ4n) is 6.00. The summed E-state index contributed by atoms with van der Waals surface area (Å²) in [6.07, 6.45) is -0.342. The third-order valence-corrected chi connectivity index (χ3v) is 8.20. The second-order valence-electron chi connectivity index (χ2n) is 11.4. The number of aromatic nitrogens is 1. The second kappa shape index (κ2) is 11.9. The lowest BCUT2D eigenvalue weighted by Gasteiger charge is -2.29. The van der Waals surface area contributed by atoms with E-state index in [-0.39, 0.29) is 30.0 Å². The Morgan fingerprint density at radius 1 is 1.14 bits per heavy atom. The van der Waals surface area contributed by atoms with Gasteiger partial charge in [0.15, 0.2) is 0 Å². The van der Waals surface area contributed by atoms with Crippen molar-refractivity contribution in [2.24, 2.45) is 11.8 Å². The van der Waals surface area contributed by atoms with Crippen molar-refractivity contribution in [2.45, 2.75) is 57.3 Å². The Bertz CT molecular complexity index is 1460. The molecular weight excluding hydrogens is 552 g/mol. The minimum absolute atomic E-state index is 0.0731. The number of hydrogen-bond acceptors (Lipinski definition) is 5. The highest BCUT2D eigenvalue weighted by Gasteiger charge is 2.39. The van der Waals surface area contributed by atoms with Gasteiger partial charge < -0.3 is 14.6 Å². The maximum absolute atomic E-state index is 14.9. The van der Waals surface area contributed by atoms with Gasteiger partial charge in [0.1, 0.15) is 17.7 Å². The van der Waals surface area contributed by atoms with Crippen LogP contribution in [0, 0.1) is 17.7 Å². The first-order valence-electron chi connectivity index (χ1n) is 14.0. The Hall–Kier alpha value is -3.66. The molecule has 0 bridgehead atoms. The highest BCUT2D eigenvalue weighted by atomic mass is 19.4. The van der Waals surface area contributed by atoms with Crippen LogP contribution in [0.2, 0.25) is 0 Å². The Morgan fingerprint density at radius 3 is 2.57 bits per heavy atom. The molecule has 1 fully saturated rings. The smallest absolute Gasteiger partial charge is 0.401 e. The van der Waals surface area contributed by atoms with Crippen LogP contribution in [-0.4, -0.2) is 47.8 Å².